The fourth-order valence-corrected chi connectivity index (χ4v) is 3.68. The first-order valence-electron chi connectivity index (χ1n) is 10.4. The Hall–Kier alpha value is -2.33. The summed E-state index contributed by atoms with van der Waals surface area (Å²) >= 11 is 0. The Morgan fingerprint density at radius 1 is 1.04 bits per heavy atom. The number of benzene rings is 2. The van der Waals surface area contributed by atoms with E-state index in [2.05, 4.69) is 46.6 Å². The van der Waals surface area contributed by atoms with Crippen molar-refractivity contribution in [3.63, 3.8) is 0 Å². The van der Waals surface area contributed by atoms with Crippen molar-refractivity contribution in [2.24, 2.45) is 5.92 Å². The summed E-state index contributed by atoms with van der Waals surface area (Å²) in [6.07, 6.45) is 2.92. The molecule has 1 aliphatic rings. The number of carbonyl (C=O) groups is 1. The van der Waals surface area contributed by atoms with Gasteiger partial charge in [0, 0.05) is 19.0 Å². The highest BCUT2D eigenvalue weighted by Gasteiger charge is 2.24. The van der Waals surface area contributed by atoms with E-state index in [1.165, 1.54) is 11.1 Å². The number of rotatable bonds is 8. The van der Waals surface area contributed by atoms with Gasteiger partial charge in [0.2, 0.25) is 5.91 Å². The monoisotopic (exact) mass is 380 g/mol. The van der Waals surface area contributed by atoms with Crippen molar-refractivity contribution in [2.75, 3.05) is 19.6 Å². The SMILES string of the molecule is CC(C)Oc1ccc(CCNC(=O)C2CCN(Cc3ccccc3)CC2)cc1. The van der Waals surface area contributed by atoms with Gasteiger partial charge in [-0.3, -0.25) is 9.69 Å². The van der Waals surface area contributed by atoms with Gasteiger partial charge in [0.25, 0.3) is 0 Å². The van der Waals surface area contributed by atoms with Crippen LogP contribution in [0.1, 0.15) is 37.8 Å². The Bertz CT molecular complexity index is 720. The van der Waals surface area contributed by atoms with Gasteiger partial charge in [-0.05, 0) is 69.5 Å². The first-order chi connectivity index (χ1) is 13.6. The molecule has 0 unspecified atom stereocenters. The van der Waals surface area contributed by atoms with E-state index in [9.17, 15) is 4.79 Å². The van der Waals surface area contributed by atoms with Crippen LogP contribution in [0.25, 0.3) is 0 Å². The topological polar surface area (TPSA) is 41.6 Å². The lowest BCUT2D eigenvalue weighted by Gasteiger charge is -2.31. The van der Waals surface area contributed by atoms with Crippen LogP contribution in [0.5, 0.6) is 5.75 Å². The summed E-state index contributed by atoms with van der Waals surface area (Å²) in [5.41, 5.74) is 2.56. The van der Waals surface area contributed by atoms with E-state index in [1.807, 2.05) is 32.0 Å². The van der Waals surface area contributed by atoms with Crippen molar-refractivity contribution in [1.29, 1.82) is 0 Å². The van der Waals surface area contributed by atoms with Crippen molar-refractivity contribution >= 4 is 5.91 Å². The molecule has 150 valence electrons. The second-order valence-electron chi connectivity index (χ2n) is 7.89. The first kappa shape index (κ1) is 20.4. The zero-order valence-electron chi connectivity index (χ0n) is 17.1. The summed E-state index contributed by atoms with van der Waals surface area (Å²) in [4.78, 5) is 14.9. The second kappa shape index (κ2) is 10.3. The van der Waals surface area contributed by atoms with Crippen LogP contribution in [0.15, 0.2) is 54.6 Å². The van der Waals surface area contributed by atoms with Crippen LogP contribution >= 0.6 is 0 Å². The molecule has 0 atom stereocenters. The smallest absolute Gasteiger partial charge is 0.223 e. The maximum Gasteiger partial charge on any atom is 0.223 e. The molecule has 0 aromatic heterocycles. The molecule has 28 heavy (non-hydrogen) atoms. The highest BCUT2D eigenvalue weighted by Crippen LogP contribution is 2.19. The van der Waals surface area contributed by atoms with Crippen molar-refractivity contribution in [1.82, 2.24) is 10.2 Å². The van der Waals surface area contributed by atoms with E-state index in [0.29, 0.717) is 6.54 Å². The van der Waals surface area contributed by atoms with E-state index in [4.69, 9.17) is 4.74 Å². The molecule has 1 N–H and O–H groups in total. The highest BCUT2D eigenvalue weighted by atomic mass is 16.5. The molecule has 4 heteroatoms. The lowest BCUT2D eigenvalue weighted by Crippen LogP contribution is -2.40. The zero-order valence-corrected chi connectivity index (χ0v) is 17.1. The van der Waals surface area contributed by atoms with Gasteiger partial charge in [0.1, 0.15) is 5.75 Å². The molecule has 0 aliphatic carbocycles. The quantitative estimate of drug-likeness (QED) is 0.751. The van der Waals surface area contributed by atoms with Crippen LogP contribution in [0.4, 0.5) is 0 Å². The van der Waals surface area contributed by atoms with Gasteiger partial charge in [-0.1, -0.05) is 42.5 Å². The number of hydrogen-bond acceptors (Lipinski definition) is 3. The van der Waals surface area contributed by atoms with E-state index in [0.717, 1.165) is 44.6 Å². The van der Waals surface area contributed by atoms with Gasteiger partial charge in [-0.25, -0.2) is 0 Å². The van der Waals surface area contributed by atoms with Crippen LogP contribution in [-0.2, 0) is 17.8 Å². The van der Waals surface area contributed by atoms with E-state index in [1.54, 1.807) is 0 Å². The molecule has 0 spiro atoms. The summed E-state index contributed by atoms with van der Waals surface area (Å²) in [5.74, 6) is 1.25. The molecule has 0 saturated carbocycles. The zero-order chi connectivity index (χ0) is 19.8. The molecule has 0 bridgehead atoms. The van der Waals surface area contributed by atoms with Gasteiger partial charge in [-0.2, -0.15) is 0 Å². The van der Waals surface area contributed by atoms with E-state index < -0.39 is 0 Å². The largest absolute Gasteiger partial charge is 0.491 e. The fourth-order valence-electron chi connectivity index (χ4n) is 3.68. The van der Waals surface area contributed by atoms with Crippen molar-refractivity contribution in [2.45, 2.75) is 45.8 Å². The van der Waals surface area contributed by atoms with Gasteiger partial charge in [-0.15, -0.1) is 0 Å². The number of nitrogens with one attached hydrogen (secondary N) is 1. The lowest BCUT2D eigenvalue weighted by atomic mass is 9.95. The standard InChI is InChI=1S/C24H32N2O2/c1-19(2)28-23-10-8-20(9-11-23)12-15-25-24(27)22-13-16-26(17-14-22)18-21-6-4-3-5-7-21/h3-11,19,22H,12-18H2,1-2H3,(H,25,27). The molecule has 0 radical (unpaired) electrons. The minimum atomic E-state index is 0.147. The molecule has 4 nitrogen and oxygen atoms in total. The van der Waals surface area contributed by atoms with Crippen LogP contribution < -0.4 is 10.1 Å². The van der Waals surface area contributed by atoms with Gasteiger partial charge in [0.05, 0.1) is 6.10 Å². The third kappa shape index (κ3) is 6.38. The molecule has 2 aromatic carbocycles. The van der Waals surface area contributed by atoms with Crippen molar-refractivity contribution < 1.29 is 9.53 Å². The normalized spacial score (nSPS) is 15.5. The molecule has 1 amide bonds. The number of hydrogen-bond donors (Lipinski definition) is 1. The molecule has 1 aliphatic heterocycles. The molecule has 1 heterocycles. The van der Waals surface area contributed by atoms with E-state index in [-0.39, 0.29) is 17.9 Å². The number of likely N-dealkylation sites (tertiary alicyclic amines) is 1. The Morgan fingerprint density at radius 2 is 1.71 bits per heavy atom. The Labute approximate surface area is 168 Å². The Balaban J connectivity index is 1.35. The molecular weight excluding hydrogens is 348 g/mol. The second-order valence-corrected chi connectivity index (χ2v) is 7.89. The first-order valence-corrected chi connectivity index (χ1v) is 10.4. The van der Waals surface area contributed by atoms with Crippen molar-refractivity contribution in [3.05, 3.63) is 65.7 Å². The predicted octanol–water partition coefficient (Wildman–Crippen LogP) is 4.04. The lowest BCUT2D eigenvalue weighted by molar-refractivity contribution is -0.126. The highest BCUT2D eigenvalue weighted by molar-refractivity contribution is 5.78. The number of amides is 1. The van der Waals surface area contributed by atoms with Crippen LogP contribution in [0.2, 0.25) is 0 Å². The van der Waals surface area contributed by atoms with Crippen LogP contribution in [0.3, 0.4) is 0 Å². The predicted molar refractivity (Wildman–Crippen MR) is 113 cm³/mol. The third-order valence-corrected chi connectivity index (χ3v) is 5.22. The van der Waals surface area contributed by atoms with Crippen LogP contribution in [0, 0.1) is 5.92 Å². The number of ether oxygens (including phenoxy) is 1. The van der Waals surface area contributed by atoms with E-state index >= 15 is 0 Å². The molecular formula is C24H32N2O2. The maximum atomic E-state index is 12.5. The molecule has 3 rings (SSSR count). The fraction of sp³-hybridized carbons (Fsp3) is 0.458. The van der Waals surface area contributed by atoms with Gasteiger partial charge < -0.3 is 10.1 Å². The molecule has 1 saturated heterocycles. The summed E-state index contributed by atoms with van der Waals surface area (Å²) in [7, 11) is 0. The Morgan fingerprint density at radius 3 is 2.36 bits per heavy atom. The summed E-state index contributed by atoms with van der Waals surface area (Å²) < 4.78 is 5.66. The average Bonchev–Trinajstić information content (AvgIpc) is 2.70. The third-order valence-electron chi connectivity index (χ3n) is 5.22. The molecule has 2 aromatic rings. The average molecular weight is 381 g/mol. The Kier molecular flexibility index (Phi) is 7.49. The number of piperidine rings is 1. The maximum absolute atomic E-state index is 12.5. The van der Waals surface area contributed by atoms with Gasteiger partial charge in [0.15, 0.2) is 0 Å². The van der Waals surface area contributed by atoms with Crippen LogP contribution in [-0.4, -0.2) is 36.5 Å². The summed E-state index contributed by atoms with van der Waals surface area (Å²) in [6, 6.07) is 18.7. The molecule has 1 fully saturated rings. The number of nitrogens with zero attached hydrogens (tertiary/aromatic N) is 1. The minimum Gasteiger partial charge on any atom is -0.491 e. The summed E-state index contributed by atoms with van der Waals surface area (Å²) in [6.45, 7) is 7.69. The summed E-state index contributed by atoms with van der Waals surface area (Å²) in [5, 5.41) is 3.12. The van der Waals surface area contributed by atoms with Crippen molar-refractivity contribution in [3.8, 4) is 5.75 Å². The minimum absolute atomic E-state index is 0.147. The van der Waals surface area contributed by atoms with Gasteiger partial charge >= 0.3 is 0 Å². The number of carbonyl (C=O) groups excluding carboxylic acids is 1.